The number of nitrogens with zero attached hydrogens (tertiary/aromatic N) is 1. The first-order valence-corrected chi connectivity index (χ1v) is 6.59. The number of aryl methyl sites for hydroxylation is 3. The van der Waals surface area contributed by atoms with Crippen LogP contribution in [0.4, 0.5) is 0 Å². The summed E-state index contributed by atoms with van der Waals surface area (Å²) in [5.41, 5.74) is 5.74. The number of hydrogen-bond acceptors (Lipinski definition) is 1. The van der Waals surface area contributed by atoms with Gasteiger partial charge in [-0.25, -0.2) is 0 Å². The zero-order chi connectivity index (χ0) is 12.7. The third kappa shape index (κ3) is 4.61. The summed E-state index contributed by atoms with van der Waals surface area (Å²) in [5.74, 6) is 0. The Labute approximate surface area is 105 Å². The summed E-state index contributed by atoms with van der Waals surface area (Å²) in [6.45, 7) is 6.59. The molecule has 0 saturated heterocycles. The third-order valence-electron chi connectivity index (χ3n) is 3.31. The van der Waals surface area contributed by atoms with Gasteiger partial charge >= 0.3 is 0 Å². The molecule has 0 radical (unpaired) electrons. The number of hydrogen-bond donors (Lipinski definition) is 0. The van der Waals surface area contributed by atoms with Crippen LogP contribution < -0.4 is 0 Å². The van der Waals surface area contributed by atoms with Crippen molar-refractivity contribution in [3.63, 3.8) is 0 Å². The second-order valence-electron chi connectivity index (χ2n) is 4.95. The van der Waals surface area contributed by atoms with Gasteiger partial charge in [-0.2, -0.15) is 5.26 Å². The highest BCUT2D eigenvalue weighted by Gasteiger charge is 2.03. The number of benzene rings is 1. The summed E-state index contributed by atoms with van der Waals surface area (Å²) in [7, 11) is 0. The zero-order valence-electron chi connectivity index (χ0n) is 11.3. The smallest absolute Gasteiger partial charge is 0.0621 e. The van der Waals surface area contributed by atoms with Crippen molar-refractivity contribution in [3.05, 3.63) is 34.4 Å². The fraction of sp³-hybridized carbons (Fsp3) is 0.562. The van der Waals surface area contributed by atoms with Crippen molar-refractivity contribution in [2.45, 2.75) is 59.3 Å². The fourth-order valence-electron chi connectivity index (χ4n) is 2.46. The molecule has 1 rings (SSSR count). The zero-order valence-corrected chi connectivity index (χ0v) is 11.3. The molecule has 0 amide bonds. The van der Waals surface area contributed by atoms with Gasteiger partial charge < -0.3 is 0 Å². The molecule has 17 heavy (non-hydrogen) atoms. The summed E-state index contributed by atoms with van der Waals surface area (Å²) in [5, 5.41) is 8.45. The van der Waals surface area contributed by atoms with Gasteiger partial charge in [0.25, 0.3) is 0 Å². The van der Waals surface area contributed by atoms with Crippen LogP contribution in [0.3, 0.4) is 0 Å². The lowest BCUT2D eigenvalue weighted by Gasteiger charge is -2.11. The van der Waals surface area contributed by atoms with Crippen molar-refractivity contribution in [1.82, 2.24) is 0 Å². The van der Waals surface area contributed by atoms with Crippen LogP contribution >= 0.6 is 0 Å². The van der Waals surface area contributed by atoms with Gasteiger partial charge in [-0.15, -0.1) is 0 Å². The molecule has 1 aromatic carbocycles. The van der Waals surface area contributed by atoms with Crippen molar-refractivity contribution < 1.29 is 0 Å². The van der Waals surface area contributed by atoms with Gasteiger partial charge in [0.1, 0.15) is 0 Å². The molecule has 0 atom stereocenters. The van der Waals surface area contributed by atoms with E-state index in [9.17, 15) is 0 Å². The van der Waals surface area contributed by atoms with E-state index in [2.05, 4.69) is 39.0 Å². The molecule has 1 heteroatoms. The van der Waals surface area contributed by atoms with Gasteiger partial charge in [-0.1, -0.05) is 30.5 Å². The highest BCUT2D eigenvalue weighted by molar-refractivity contribution is 5.37. The van der Waals surface area contributed by atoms with Crippen LogP contribution in [-0.4, -0.2) is 0 Å². The Bertz CT molecular complexity index is 375. The second kappa shape index (κ2) is 7.12. The second-order valence-corrected chi connectivity index (χ2v) is 4.95. The molecule has 0 aliphatic heterocycles. The maximum atomic E-state index is 8.45. The van der Waals surface area contributed by atoms with E-state index in [0.29, 0.717) is 6.42 Å². The molecule has 0 aliphatic carbocycles. The third-order valence-corrected chi connectivity index (χ3v) is 3.31. The molecule has 0 aromatic heterocycles. The van der Waals surface area contributed by atoms with Gasteiger partial charge in [-0.3, -0.25) is 0 Å². The van der Waals surface area contributed by atoms with E-state index >= 15 is 0 Å². The topological polar surface area (TPSA) is 23.8 Å². The Hall–Kier alpha value is -1.29. The number of unbranched alkanes of at least 4 members (excludes halogenated alkanes) is 4. The first-order valence-electron chi connectivity index (χ1n) is 6.59. The Morgan fingerprint density at radius 3 is 2.12 bits per heavy atom. The van der Waals surface area contributed by atoms with E-state index in [1.165, 1.54) is 47.9 Å². The van der Waals surface area contributed by atoms with Crippen LogP contribution in [0.2, 0.25) is 0 Å². The van der Waals surface area contributed by atoms with Crippen LogP contribution in [0.5, 0.6) is 0 Å². The average Bonchev–Trinajstić information content (AvgIpc) is 2.26. The maximum absolute atomic E-state index is 8.45. The molecule has 0 aliphatic rings. The van der Waals surface area contributed by atoms with Gasteiger partial charge in [0.2, 0.25) is 0 Å². The average molecular weight is 229 g/mol. The minimum atomic E-state index is 0.711. The predicted octanol–water partition coefficient (Wildman–Crippen LogP) is 4.63. The number of nitriles is 1. The predicted molar refractivity (Wildman–Crippen MR) is 73.1 cm³/mol. The van der Waals surface area contributed by atoms with E-state index in [1.54, 1.807) is 0 Å². The van der Waals surface area contributed by atoms with Gasteiger partial charge in [-0.05, 0) is 56.7 Å². The lowest BCUT2D eigenvalue weighted by atomic mass is 9.95. The molecule has 0 spiro atoms. The molecular weight excluding hydrogens is 206 g/mol. The highest BCUT2D eigenvalue weighted by Crippen LogP contribution is 2.19. The molecule has 0 fully saturated rings. The summed E-state index contributed by atoms with van der Waals surface area (Å²) < 4.78 is 0. The van der Waals surface area contributed by atoms with E-state index in [4.69, 9.17) is 5.26 Å². The van der Waals surface area contributed by atoms with Crippen LogP contribution in [-0.2, 0) is 6.42 Å². The summed E-state index contributed by atoms with van der Waals surface area (Å²) >= 11 is 0. The van der Waals surface area contributed by atoms with Crippen molar-refractivity contribution in [1.29, 1.82) is 5.26 Å². The molecule has 1 nitrogen and oxygen atoms in total. The lowest BCUT2D eigenvalue weighted by Crippen LogP contribution is -1.95. The Morgan fingerprint density at radius 1 is 0.941 bits per heavy atom. The normalized spacial score (nSPS) is 10.2. The van der Waals surface area contributed by atoms with Crippen LogP contribution in [0.25, 0.3) is 0 Å². The minimum Gasteiger partial charge on any atom is -0.198 e. The first kappa shape index (κ1) is 13.8. The molecule has 1 aromatic rings. The molecule has 92 valence electrons. The lowest BCUT2D eigenvalue weighted by molar-refractivity contribution is 0.646. The van der Waals surface area contributed by atoms with Crippen LogP contribution in [0, 0.1) is 32.1 Å². The Balaban J connectivity index is 2.39. The standard InChI is InChI=1S/C16H23N/c1-13-11-14(2)16(15(3)12-13)9-7-5-4-6-8-10-17/h11-12H,4-9H2,1-3H3. The van der Waals surface area contributed by atoms with E-state index in [-0.39, 0.29) is 0 Å². The van der Waals surface area contributed by atoms with Crippen LogP contribution in [0.15, 0.2) is 12.1 Å². The molecule has 0 bridgehead atoms. The minimum absolute atomic E-state index is 0.711. The largest absolute Gasteiger partial charge is 0.198 e. The maximum Gasteiger partial charge on any atom is 0.0621 e. The number of rotatable bonds is 6. The monoisotopic (exact) mass is 229 g/mol. The van der Waals surface area contributed by atoms with E-state index < -0.39 is 0 Å². The first-order chi connectivity index (χ1) is 8.15. The van der Waals surface area contributed by atoms with Crippen molar-refractivity contribution >= 4 is 0 Å². The van der Waals surface area contributed by atoms with Crippen molar-refractivity contribution in [2.24, 2.45) is 0 Å². The molecule has 0 heterocycles. The molecule has 0 N–H and O–H groups in total. The SMILES string of the molecule is Cc1cc(C)c(CCCCCCC#N)c(C)c1. The van der Waals surface area contributed by atoms with E-state index in [1.807, 2.05) is 0 Å². The van der Waals surface area contributed by atoms with Crippen molar-refractivity contribution in [3.8, 4) is 6.07 Å². The van der Waals surface area contributed by atoms with E-state index in [0.717, 1.165) is 6.42 Å². The fourth-order valence-corrected chi connectivity index (χ4v) is 2.46. The Morgan fingerprint density at radius 2 is 1.53 bits per heavy atom. The summed E-state index contributed by atoms with van der Waals surface area (Å²) in [4.78, 5) is 0. The highest BCUT2D eigenvalue weighted by atomic mass is 14.2. The summed E-state index contributed by atoms with van der Waals surface area (Å²) in [6, 6.07) is 6.75. The van der Waals surface area contributed by atoms with Gasteiger partial charge in [0.05, 0.1) is 6.07 Å². The van der Waals surface area contributed by atoms with Gasteiger partial charge in [0, 0.05) is 6.42 Å². The molecular formula is C16H23N. The molecule has 0 unspecified atom stereocenters. The molecule has 0 saturated carbocycles. The quantitative estimate of drug-likeness (QED) is 0.652. The Kier molecular flexibility index (Phi) is 5.77. The summed E-state index contributed by atoms with van der Waals surface area (Å²) in [6.07, 6.45) is 6.64. The van der Waals surface area contributed by atoms with Crippen LogP contribution in [0.1, 0.15) is 54.4 Å². The van der Waals surface area contributed by atoms with Crippen molar-refractivity contribution in [2.75, 3.05) is 0 Å². The van der Waals surface area contributed by atoms with Gasteiger partial charge in [0.15, 0.2) is 0 Å².